The van der Waals surface area contributed by atoms with Crippen molar-refractivity contribution in [2.24, 2.45) is 0 Å². The van der Waals surface area contributed by atoms with Crippen LogP contribution in [0.1, 0.15) is 12.0 Å². The Hall–Kier alpha value is -1.52. The first kappa shape index (κ1) is 15.5. The molecular formula is C14H18ClNO3. The van der Waals surface area contributed by atoms with Crippen molar-refractivity contribution in [3.05, 3.63) is 41.5 Å². The van der Waals surface area contributed by atoms with E-state index in [2.05, 4.69) is 4.90 Å². The van der Waals surface area contributed by atoms with Gasteiger partial charge in [0.2, 0.25) is 0 Å². The number of hydrogen-bond acceptors (Lipinski definition) is 4. The highest BCUT2D eigenvalue weighted by molar-refractivity contribution is 5.88. The molecule has 1 aliphatic heterocycles. The van der Waals surface area contributed by atoms with E-state index in [0.717, 1.165) is 30.6 Å². The molecule has 5 heteroatoms. The summed E-state index contributed by atoms with van der Waals surface area (Å²) >= 11 is 0. The maximum atomic E-state index is 11.5. The van der Waals surface area contributed by atoms with E-state index >= 15 is 0 Å². The van der Waals surface area contributed by atoms with Crippen molar-refractivity contribution in [3.63, 3.8) is 0 Å². The number of hydrogen-bond donors (Lipinski definition) is 1. The van der Waals surface area contributed by atoms with Gasteiger partial charge in [-0.15, -0.1) is 12.4 Å². The van der Waals surface area contributed by atoms with Crippen LogP contribution in [-0.4, -0.2) is 36.2 Å². The van der Waals surface area contributed by atoms with E-state index in [4.69, 9.17) is 4.74 Å². The summed E-state index contributed by atoms with van der Waals surface area (Å²) in [6.45, 7) is 2.32. The van der Waals surface area contributed by atoms with Crippen LogP contribution in [0.5, 0.6) is 5.75 Å². The lowest BCUT2D eigenvalue weighted by Gasteiger charge is -2.26. The second-order valence-corrected chi connectivity index (χ2v) is 4.39. The van der Waals surface area contributed by atoms with Gasteiger partial charge >= 0.3 is 5.97 Å². The molecule has 0 spiro atoms. The molecule has 19 heavy (non-hydrogen) atoms. The fraction of sp³-hybridized carbons (Fsp3) is 0.357. The molecule has 104 valence electrons. The number of phenols is 1. The summed E-state index contributed by atoms with van der Waals surface area (Å²) in [5, 5.41) is 9.23. The topological polar surface area (TPSA) is 49.8 Å². The largest absolute Gasteiger partial charge is 0.508 e. The van der Waals surface area contributed by atoms with Crippen LogP contribution in [0.2, 0.25) is 0 Å². The van der Waals surface area contributed by atoms with E-state index in [9.17, 15) is 9.90 Å². The molecule has 0 fully saturated rings. The number of esters is 1. The maximum absolute atomic E-state index is 11.5. The Balaban J connectivity index is 0.00000180. The number of ether oxygens (including phenoxy) is 1. The number of nitrogens with zero attached hydrogens (tertiary/aromatic N) is 1. The monoisotopic (exact) mass is 283 g/mol. The molecule has 2 rings (SSSR count). The van der Waals surface area contributed by atoms with Gasteiger partial charge in [-0.25, -0.2) is 4.79 Å². The van der Waals surface area contributed by atoms with Crippen molar-refractivity contribution in [2.75, 3.05) is 20.2 Å². The Kier molecular flexibility index (Phi) is 5.86. The second-order valence-electron chi connectivity index (χ2n) is 4.39. The summed E-state index contributed by atoms with van der Waals surface area (Å²) < 4.78 is 4.74. The molecule has 4 nitrogen and oxygen atoms in total. The van der Waals surface area contributed by atoms with E-state index < -0.39 is 0 Å². The number of rotatable bonds is 3. The standard InChI is InChI=1S/C14H17NO3.ClH/c1-18-14(17)12-3-2-8-15(10-12)9-11-4-6-13(16)7-5-11;/h3-7,16H,2,8-10H2,1H3;1H. The molecule has 0 unspecified atom stereocenters. The quantitative estimate of drug-likeness (QED) is 0.864. The predicted octanol–water partition coefficient (Wildman–Crippen LogP) is 2.12. The Labute approximate surface area is 119 Å². The molecule has 1 aromatic rings. The minimum absolute atomic E-state index is 0. The van der Waals surface area contributed by atoms with Gasteiger partial charge in [0.1, 0.15) is 5.75 Å². The highest BCUT2D eigenvalue weighted by atomic mass is 35.5. The molecule has 0 radical (unpaired) electrons. The maximum Gasteiger partial charge on any atom is 0.334 e. The second kappa shape index (κ2) is 7.16. The van der Waals surface area contributed by atoms with Gasteiger partial charge in [0, 0.05) is 25.2 Å². The SMILES string of the molecule is COC(=O)C1=CCCN(Cc2ccc(O)cc2)C1.Cl. The molecule has 0 bridgehead atoms. The first-order valence-corrected chi connectivity index (χ1v) is 5.96. The van der Waals surface area contributed by atoms with Crippen molar-refractivity contribution in [3.8, 4) is 5.75 Å². The molecule has 1 N–H and O–H groups in total. The molecule has 0 atom stereocenters. The van der Waals surface area contributed by atoms with E-state index in [0.29, 0.717) is 6.54 Å². The molecule has 1 heterocycles. The average molecular weight is 284 g/mol. The van der Waals surface area contributed by atoms with Gasteiger partial charge in [0.25, 0.3) is 0 Å². The first-order chi connectivity index (χ1) is 8.69. The van der Waals surface area contributed by atoms with Crippen molar-refractivity contribution >= 4 is 18.4 Å². The third kappa shape index (κ3) is 4.26. The Morgan fingerprint density at radius 1 is 1.37 bits per heavy atom. The lowest BCUT2D eigenvalue weighted by Crippen LogP contribution is -2.32. The lowest BCUT2D eigenvalue weighted by atomic mass is 10.1. The zero-order chi connectivity index (χ0) is 13.0. The summed E-state index contributed by atoms with van der Waals surface area (Å²) in [5.41, 5.74) is 1.85. The summed E-state index contributed by atoms with van der Waals surface area (Å²) in [4.78, 5) is 13.7. The van der Waals surface area contributed by atoms with E-state index in [-0.39, 0.29) is 24.1 Å². The minimum Gasteiger partial charge on any atom is -0.508 e. The van der Waals surface area contributed by atoms with Crippen LogP contribution >= 0.6 is 12.4 Å². The van der Waals surface area contributed by atoms with Gasteiger partial charge in [-0.1, -0.05) is 18.2 Å². The van der Waals surface area contributed by atoms with Crippen LogP contribution in [0.15, 0.2) is 35.9 Å². The highest BCUT2D eigenvalue weighted by Crippen LogP contribution is 2.16. The van der Waals surface area contributed by atoms with Gasteiger partial charge in [0.05, 0.1) is 7.11 Å². The number of halogens is 1. The number of methoxy groups -OCH3 is 1. The Bertz CT molecular complexity index is 456. The molecule has 0 amide bonds. The number of carbonyl (C=O) groups is 1. The van der Waals surface area contributed by atoms with Gasteiger partial charge in [-0.2, -0.15) is 0 Å². The van der Waals surface area contributed by atoms with Crippen molar-refractivity contribution < 1.29 is 14.6 Å². The fourth-order valence-electron chi connectivity index (χ4n) is 2.08. The summed E-state index contributed by atoms with van der Waals surface area (Å²) in [7, 11) is 1.40. The predicted molar refractivity (Wildman–Crippen MR) is 75.3 cm³/mol. The van der Waals surface area contributed by atoms with E-state index in [1.807, 2.05) is 18.2 Å². The van der Waals surface area contributed by atoms with Crippen molar-refractivity contribution in [1.29, 1.82) is 0 Å². The molecule has 1 aliphatic rings. The van der Waals surface area contributed by atoms with Gasteiger partial charge in [-0.05, 0) is 24.1 Å². The molecule has 0 saturated carbocycles. The smallest absolute Gasteiger partial charge is 0.334 e. The van der Waals surface area contributed by atoms with Gasteiger partial charge in [0.15, 0.2) is 0 Å². The molecule has 0 aromatic heterocycles. The normalized spacial score (nSPS) is 15.3. The van der Waals surface area contributed by atoms with Crippen molar-refractivity contribution in [1.82, 2.24) is 4.90 Å². The van der Waals surface area contributed by atoms with Crippen LogP contribution in [0.25, 0.3) is 0 Å². The van der Waals surface area contributed by atoms with Crippen LogP contribution < -0.4 is 0 Å². The summed E-state index contributed by atoms with van der Waals surface area (Å²) in [5.74, 6) is 0.0259. The lowest BCUT2D eigenvalue weighted by molar-refractivity contribution is -0.136. The van der Waals surface area contributed by atoms with Crippen molar-refractivity contribution in [2.45, 2.75) is 13.0 Å². The number of benzene rings is 1. The van der Waals surface area contributed by atoms with Crippen LogP contribution in [-0.2, 0) is 16.1 Å². The molecule has 0 aliphatic carbocycles. The third-order valence-electron chi connectivity index (χ3n) is 3.02. The number of aromatic hydroxyl groups is 1. The Morgan fingerprint density at radius 2 is 2.05 bits per heavy atom. The zero-order valence-electron chi connectivity index (χ0n) is 10.8. The van der Waals surface area contributed by atoms with Crippen LogP contribution in [0.4, 0.5) is 0 Å². The van der Waals surface area contributed by atoms with Gasteiger partial charge < -0.3 is 9.84 Å². The number of carbonyl (C=O) groups excluding carboxylic acids is 1. The molecule has 0 saturated heterocycles. The molecular weight excluding hydrogens is 266 g/mol. The minimum atomic E-state index is -0.245. The zero-order valence-corrected chi connectivity index (χ0v) is 11.7. The fourth-order valence-corrected chi connectivity index (χ4v) is 2.08. The molecule has 1 aromatic carbocycles. The Morgan fingerprint density at radius 3 is 2.68 bits per heavy atom. The summed E-state index contributed by atoms with van der Waals surface area (Å²) in [6, 6.07) is 7.14. The van der Waals surface area contributed by atoms with Crippen LogP contribution in [0.3, 0.4) is 0 Å². The van der Waals surface area contributed by atoms with E-state index in [1.165, 1.54) is 7.11 Å². The summed E-state index contributed by atoms with van der Waals surface area (Å²) in [6.07, 6.45) is 2.81. The first-order valence-electron chi connectivity index (χ1n) is 5.96. The average Bonchev–Trinajstić information content (AvgIpc) is 2.41. The third-order valence-corrected chi connectivity index (χ3v) is 3.02. The van der Waals surface area contributed by atoms with E-state index in [1.54, 1.807) is 12.1 Å². The van der Waals surface area contributed by atoms with Gasteiger partial charge in [-0.3, -0.25) is 4.90 Å². The number of phenolic OH excluding ortho intramolecular Hbond substituents is 1. The highest BCUT2D eigenvalue weighted by Gasteiger charge is 2.18. The van der Waals surface area contributed by atoms with Crippen LogP contribution in [0, 0.1) is 0 Å².